The van der Waals surface area contributed by atoms with Crippen LogP contribution in [-0.2, 0) is 16.4 Å². The highest BCUT2D eigenvalue weighted by Crippen LogP contribution is 2.38. The van der Waals surface area contributed by atoms with Gasteiger partial charge in [0.15, 0.2) is 21.3 Å². The highest BCUT2D eigenvalue weighted by molar-refractivity contribution is 7.90. The Kier molecular flexibility index (Phi) is 5.61. The summed E-state index contributed by atoms with van der Waals surface area (Å²) in [6.07, 6.45) is 5.35. The Bertz CT molecular complexity index is 1210. The van der Waals surface area contributed by atoms with Gasteiger partial charge in [-0.3, -0.25) is 9.88 Å². The molecule has 0 radical (unpaired) electrons. The summed E-state index contributed by atoms with van der Waals surface area (Å²) in [5.74, 6) is 1.66. The van der Waals surface area contributed by atoms with Gasteiger partial charge in [0.1, 0.15) is 13.2 Å². The second-order valence-corrected chi connectivity index (χ2v) is 10.4. The third kappa shape index (κ3) is 4.36. The van der Waals surface area contributed by atoms with Crippen LogP contribution in [0.2, 0.25) is 0 Å². The maximum atomic E-state index is 11.7. The first-order valence-electron chi connectivity index (χ1n) is 10.9. The number of ether oxygens (including phenoxy) is 2. The second-order valence-electron chi connectivity index (χ2n) is 8.37. The molecule has 0 saturated carbocycles. The Hall–Kier alpha value is -2.90. The Morgan fingerprint density at radius 1 is 0.969 bits per heavy atom. The van der Waals surface area contributed by atoms with Gasteiger partial charge in [0.05, 0.1) is 10.6 Å². The molecule has 1 fully saturated rings. The first-order valence-corrected chi connectivity index (χ1v) is 12.8. The number of sulfone groups is 1. The number of aromatic nitrogens is 1. The largest absolute Gasteiger partial charge is 0.486 e. The van der Waals surface area contributed by atoms with E-state index in [-0.39, 0.29) is 0 Å². The highest BCUT2D eigenvalue weighted by Gasteiger charge is 2.27. The van der Waals surface area contributed by atoms with Gasteiger partial charge < -0.3 is 9.47 Å². The van der Waals surface area contributed by atoms with Crippen molar-refractivity contribution in [3.8, 4) is 22.6 Å². The minimum absolute atomic E-state index is 0.324. The number of likely N-dealkylation sites (tertiary alicyclic amines) is 1. The number of hydrogen-bond donors (Lipinski definition) is 0. The zero-order chi connectivity index (χ0) is 22.1. The quantitative estimate of drug-likeness (QED) is 0.579. The lowest BCUT2D eigenvalue weighted by atomic mass is 10.0. The van der Waals surface area contributed by atoms with Crippen LogP contribution in [0.15, 0.2) is 65.7 Å². The fourth-order valence-electron chi connectivity index (χ4n) is 4.45. The van der Waals surface area contributed by atoms with Crippen molar-refractivity contribution in [2.75, 3.05) is 26.0 Å². The molecule has 0 spiro atoms. The number of hydrogen-bond acceptors (Lipinski definition) is 6. The lowest BCUT2D eigenvalue weighted by Crippen LogP contribution is -2.23. The van der Waals surface area contributed by atoms with Crippen molar-refractivity contribution in [2.45, 2.75) is 30.3 Å². The van der Waals surface area contributed by atoms with E-state index in [1.165, 1.54) is 11.8 Å². The topological polar surface area (TPSA) is 68.7 Å². The maximum Gasteiger partial charge on any atom is 0.175 e. The molecule has 32 heavy (non-hydrogen) atoms. The molecule has 1 aromatic heterocycles. The molecule has 0 N–H and O–H groups in total. The van der Waals surface area contributed by atoms with Crippen molar-refractivity contribution in [3.63, 3.8) is 0 Å². The number of pyridine rings is 1. The summed E-state index contributed by atoms with van der Waals surface area (Å²) in [5, 5.41) is 0. The molecule has 3 heterocycles. The molecule has 0 aliphatic carbocycles. The zero-order valence-electron chi connectivity index (χ0n) is 18.0. The Balaban J connectivity index is 1.30. The van der Waals surface area contributed by atoms with Crippen LogP contribution in [0.5, 0.6) is 11.5 Å². The van der Waals surface area contributed by atoms with Crippen molar-refractivity contribution in [3.05, 3.63) is 72.1 Å². The van der Waals surface area contributed by atoms with Crippen molar-refractivity contribution in [1.29, 1.82) is 0 Å². The number of rotatable bonds is 5. The molecular weight excluding hydrogens is 424 g/mol. The van der Waals surface area contributed by atoms with E-state index in [9.17, 15) is 8.42 Å². The zero-order valence-corrected chi connectivity index (χ0v) is 18.8. The van der Waals surface area contributed by atoms with Crippen molar-refractivity contribution >= 4 is 9.84 Å². The minimum atomic E-state index is -3.19. The van der Waals surface area contributed by atoms with E-state index in [2.05, 4.69) is 28.1 Å². The van der Waals surface area contributed by atoms with Gasteiger partial charge in [-0.15, -0.1) is 0 Å². The van der Waals surface area contributed by atoms with E-state index in [0.717, 1.165) is 54.3 Å². The summed E-state index contributed by atoms with van der Waals surface area (Å²) in [5.41, 5.74) is 4.20. The van der Waals surface area contributed by atoms with Crippen molar-refractivity contribution in [1.82, 2.24) is 9.88 Å². The molecule has 1 saturated heterocycles. The van der Waals surface area contributed by atoms with Gasteiger partial charge in [-0.25, -0.2) is 8.42 Å². The first-order chi connectivity index (χ1) is 15.5. The summed E-state index contributed by atoms with van der Waals surface area (Å²) in [6, 6.07) is 17.7. The summed E-state index contributed by atoms with van der Waals surface area (Å²) >= 11 is 0. The van der Waals surface area contributed by atoms with Crippen LogP contribution < -0.4 is 9.47 Å². The predicted molar refractivity (Wildman–Crippen MR) is 123 cm³/mol. The monoisotopic (exact) mass is 450 g/mol. The molecule has 166 valence electrons. The SMILES string of the molecule is CS(=O)(=O)c1ccc(-c2ccc(CN3CCC[C@H]3c3ccc4c(c3)OCCO4)nc2)cc1. The average Bonchev–Trinajstić information content (AvgIpc) is 3.27. The van der Waals surface area contributed by atoms with E-state index in [1.807, 2.05) is 30.5 Å². The molecular formula is C25H26N2O4S. The van der Waals surface area contributed by atoms with Gasteiger partial charge in [-0.1, -0.05) is 24.3 Å². The van der Waals surface area contributed by atoms with E-state index in [0.29, 0.717) is 24.2 Å². The fourth-order valence-corrected chi connectivity index (χ4v) is 5.08. The Labute approximate surface area is 188 Å². The van der Waals surface area contributed by atoms with Crippen LogP contribution in [0, 0.1) is 0 Å². The number of benzene rings is 2. The molecule has 2 aliphatic rings. The van der Waals surface area contributed by atoms with Gasteiger partial charge >= 0.3 is 0 Å². The molecule has 2 aromatic carbocycles. The van der Waals surface area contributed by atoms with Crippen LogP contribution in [0.4, 0.5) is 0 Å². The lowest BCUT2D eigenvalue weighted by molar-refractivity contribution is 0.170. The summed E-state index contributed by atoms with van der Waals surface area (Å²) in [6.45, 7) is 3.02. The molecule has 1 atom stereocenters. The minimum Gasteiger partial charge on any atom is -0.486 e. The molecule has 0 bridgehead atoms. The average molecular weight is 451 g/mol. The highest BCUT2D eigenvalue weighted by atomic mass is 32.2. The van der Waals surface area contributed by atoms with E-state index in [1.54, 1.807) is 12.1 Å². The Morgan fingerprint density at radius 3 is 2.44 bits per heavy atom. The maximum absolute atomic E-state index is 11.7. The Morgan fingerprint density at radius 2 is 1.72 bits per heavy atom. The van der Waals surface area contributed by atoms with Crippen LogP contribution in [0.3, 0.4) is 0 Å². The van der Waals surface area contributed by atoms with Gasteiger partial charge in [0, 0.05) is 30.6 Å². The van der Waals surface area contributed by atoms with Gasteiger partial charge in [0.2, 0.25) is 0 Å². The van der Waals surface area contributed by atoms with Crippen LogP contribution >= 0.6 is 0 Å². The molecule has 0 amide bonds. The van der Waals surface area contributed by atoms with E-state index < -0.39 is 9.84 Å². The third-order valence-corrected chi connectivity index (χ3v) is 7.25. The summed E-state index contributed by atoms with van der Waals surface area (Å²) in [7, 11) is -3.19. The third-order valence-electron chi connectivity index (χ3n) is 6.12. The lowest BCUT2D eigenvalue weighted by Gasteiger charge is -2.26. The van der Waals surface area contributed by atoms with E-state index >= 15 is 0 Å². The molecule has 3 aromatic rings. The van der Waals surface area contributed by atoms with Crippen LogP contribution in [0.1, 0.15) is 30.1 Å². The molecule has 6 nitrogen and oxygen atoms in total. The van der Waals surface area contributed by atoms with Crippen LogP contribution in [-0.4, -0.2) is 44.3 Å². The standard InChI is InChI=1S/C25H26N2O4S/c1-32(28,29)22-9-5-18(6-10-22)20-4-8-21(26-16-20)17-27-12-2-3-23(27)19-7-11-24-25(15-19)31-14-13-30-24/h4-11,15-16,23H,2-3,12-14,17H2,1H3/t23-/m0/s1. The van der Waals surface area contributed by atoms with Crippen molar-refractivity contribution in [2.24, 2.45) is 0 Å². The van der Waals surface area contributed by atoms with Gasteiger partial charge in [0.25, 0.3) is 0 Å². The van der Waals surface area contributed by atoms with Crippen LogP contribution in [0.25, 0.3) is 11.1 Å². The fraction of sp³-hybridized carbons (Fsp3) is 0.320. The molecule has 2 aliphatic heterocycles. The number of nitrogens with zero attached hydrogens (tertiary/aromatic N) is 2. The smallest absolute Gasteiger partial charge is 0.175 e. The second kappa shape index (κ2) is 8.56. The van der Waals surface area contributed by atoms with Crippen molar-refractivity contribution < 1.29 is 17.9 Å². The first kappa shape index (κ1) is 21.0. The van der Waals surface area contributed by atoms with Gasteiger partial charge in [-0.2, -0.15) is 0 Å². The molecule has 0 unspecified atom stereocenters. The number of fused-ring (bicyclic) bond motifs is 1. The summed E-state index contributed by atoms with van der Waals surface area (Å²) < 4.78 is 34.7. The summed E-state index contributed by atoms with van der Waals surface area (Å²) in [4.78, 5) is 7.47. The molecule has 7 heteroatoms. The van der Waals surface area contributed by atoms with Gasteiger partial charge in [-0.05, 0) is 60.8 Å². The van der Waals surface area contributed by atoms with E-state index in [4.69, 9.17) is 9.47 Å². The molecule has 5 rings (SSSR count). The normalized spacial score (nSPS) is 18.6. The predicted octanol–water partition coefficient (Wildman–Crippen LogP) is 4.26.